The topological polar surface area (TPSA) is 88.5 Å². The molecule has 4 aromatic rings. The van der Waals surface area contributed by atoms with E-state index < -0.39 is 0 Å². The van der Waals surface area contributed by atoms with Gasteiger partial charge >= 0.3 is 5.97 Å². The van der Waals surface area contributed by atoms with Crippen LogP contribution in [0, 0.1) is 0 Å². The Morgan fingerprint density at radius 3 is 2.35 bits per heavy atom. The van der Waals surface area contributed by atoms with E-state index in [-0.39, 0.29) is 24.0 Å². The number of hydrogen-bond donors (Lipinski definition) is 2. The van der Waals surface area contributed by atoms with Gasteiger partial charge in [-0.1, -0.05) is 6.07 Å². The summed E-state index contributed by atoms with van der Waals surface area (Å²) in [7, 11) is 1.37. The summed E-state index contributed by atoms with van der Waals surface area (Å²) in [5, 5.41) is 6.84. The Morgan fingerprint density at radius 1 is 0.973 bits per heavy atom. The highest BCUT2D eigenvalue weighted by atomic mass is 32.1. The van der Waals surface area contributed by atoms with Gasteiger partial charge in [-0.3, -0.25) is 9.78 Å². The molecule has 0 radical (unpaired) electrons. The molecular weight excluding hydrogens is 486 g/mol. The fraction of sp³-hybridized carbons (Fsp3) is 0.143. The summed E-state index contributed by atoms with van der Waals surface area (Å²) in [4.78, 5) is 30.1. The molecule has 1 amide bonds. The predicted octanol–water partition coefficient (Wildman–Crippen LogP) is 4.79. The van der Waals surface area contributed by atoms with Gasteiger partial charge in [-0.15, -0.1) is 0 Å². The number of anilines is 2. The van der Waals surface area contributed by atoms with Crippen molar-refractivity contribution in [1.82, 2.24) is 14.9 Å². The van der Waals surface area contributed by atoms with Crippen molar-refractivity contribution in [1.29, 1.82) is 0 Å². The van der Waals surface area contributed by atoms with Crippen LogP contribution in [0.5, 0.6) is 0 Å². The summed E-state index contributed by atoms with van der Waals surface area (Å²) < 4.78 is 6.91. The molecule has 2 N–H and O–H groups in total. The van der Waals surface area contributed by atoms with E-state index in [4.69, 9.17) is 17.0 Å². The lowest BCUT2D eigenvalue weighted by molar-refractivity contribution is -0.114. The second-order valence-corrected chi connectivity index (χ2v) is 8.95. The molecule has 8 nitrogen and oxygen atoms in total. The van der Waals surface area contributed by atoms with Gasteiger partial charge in [0.15, 0.2) is 5.11 Å². The summed E-state index contributed by atoms with van der Waals surface area (Å²) in [5.74, 6) is -0.510. The first-order valence-electron chi connectivity index (χ1n) is 11.7. The molecule has 0 spiro atoms. The number of rotatable bonds is 6. The molecule has 0 saturated carbocycles. The second-order valence-electron chi connectivity index (χ2n) is 8.57. The van der Waals surface area contributed by atoms with Crippen LogP contribution in [-0.2, 0) is 9.53 Å². The molecule has 1 aliphatic heterocycles. The van der Waals surface area contributed by atoms with Gasteiger partial charge in [0.2, 0.25) is 5.91 Å². The molecule has 0 unspecified atom stereocenters. The normalized spacial score (nSPS) is 16.8. The van der Waals surface area contributed by atoms with Crippen LogP contribution < -0.4 is 15.5 Å². The third kappa shape index (κ3) is 4.81. The molecule has 3 heterocycles. The minimum absolute atomic E-state index is 0.129. The molecule has 0 bridgehead atoms. The monoisotopic (exact) mass is 511 g/mol. The van der Waals surface area contributed by atoms with E-state index in [9.17, 15) is 9.59 Å². The van der Waals surface area contributed by atoms with E-state index in [0.717, 1.165) is 22.8 Å². The number of nitrogens with one attached hydrogen (secondary N) is 2. The number of benzene rings is 2. The third-order valence-electron chi connectivity index (χ3n) is 6.21. The smallest absolute Gasteiger partial charge is 0.337 e. The molecule has 186 valence electrons. The zero-order valence-corrected chi connectivity index (χ0v) is 21.1. The maximum atomic E-state index is 11.9. The number of pyridine rings is 1. The fourth-order valence-corrected chi connectivity index (χ4v) is 4.93. The molecule has 5 rings (SSSR count). The Morgan fingerprint density at radius 2 is 1.70 bits per heavy atom. The molecule has 2 atom stereocenters. The number of carbonyl (C=O) groups excluding carboxylic acids is 2. The fourth-order valence-electron chi connectivity index (χ4n) is 4.59. The van der Waals surface area contributed by atoms with E-state index in [1.54, 1.807) is 18.3 Å². The Hall–Kier alpha value is -4.50. The van der Waals surface area contributed by atoms with E-state index in [1.165, 1.54) is 14.0 Å². The van der Waals surface area contributed by atoms with Crippen LogP contribution in [0.1, 0.15) is 40.8 Å². The summed E-state index contributed by atoms with van der Waals surface area (Å²) >= 11 is 5.83. The van der Waals surface area contributed by atoms with Crippen LogP contribution >= 0.6 is 12.2 Å². The van der Waals surface area contributed by atoms with E-state index >= 15 is 0 Å². The molecule has 2 aromatic heterocycles. The van der Waals surface area contributed by atoms with E-state index in [2.05, 4.69) is 31.2 Å². The molecule has 9 heteroatoms. The minimum atomic E-state index is -0.381. The van der Waals surface area contributed by atoms with Gasteiger partial charge in [0, 0.05) is 42.1 Å². The first kappa shape index (κ1) is 24.2. The van der Waals surface area contributed by atoms with Crippen LogP contribution in [0.4, 0.5) is 11.4 Å². The lowest BCUT2D eigenvalue weighted by atomic mass is 10.0. The van der Waals surface area contributed by atoms with Crippen LogP contribution in [0.15, 0.2) is 91.3 Å². The van der Waals surface area contributed by atoms with Gasteiger partial charge in [-0.05, 0) is 85.0 Å². The van der Waals surface area contributed by atoms with Crippen LogP contribution in [0.25, 0.3) is 5.69 Å². The lowest BCUT2D eigenvalue weighted by Crippen LogP contribution is -2.30. The SMILES string of the molecule is COC(=O)c1ccc(-n2cccc2[C@H]2[C@@H](c3ccccn3)NC(=S)N2c2ccc(NC(C)=O)cc2)cc1. The van der Waals surface area contributed by atoms with Gasteiger partial charge < -0.3 is 24.8 Å². The van der Waals surface area contributed by atoms with Crippen molar-refractivity contribution in [2.45, 2.75) is 19.0 Å². The van der Waals surface area contributed by atoms with Crippen LogP contribution in [0.3, 0.4) is 0 Å². The highest BCUT2D eigenvalue weighted by Crippen LogP contribution is 2.42. The Kier molecular flexibility index (Phi) is 6.70. The Labute approximate surface area is 219 Å². The number of carbonyl (C=O) groups is 2. The zero-order valence-electron chi connectivity index (χ0n) is 20.3. The first-order valence-corrected chi connectivity index (χ1v) is 12.1. The molecule has 0 aliphatic carbocycles. The number of esters is 1. The van der Waals surface area contributed by atoms with E-state index in [1.807, 2.05) is 66.9 Å². The van der Waals surface area contributed by atoms with Crippen molar-refractivity contribution in [2.75, 3.05) is 17.3 Å². The quantitative estimate of drug-likeness (QED) is 0.284. The molecular formula is C28H25N5O3S. The number of thiocarbonyl (C=S) groups is 1. The summed E-state index contributed by atoms with van der Waals surface area (Å²) in [6, 6.07) is 24.3. The highest BCUT2D eigenvalue weighted by Gasteiger charge is 2.42. The standard InChI is InChI=1S/C28H25N5O3S/c1-18(34)30-20-10-14-22(15-11-20)33-26(25(31-28(33)37)23-6-3-4-16-29-23)24-7-5-17-32(24)21-12-8-19(9-13-21)27(35)36-2/h3-17,25-26H,1-2H3,(H,30,34)(H,31,37)/t25-,26+/m1/s1. The van der Waals surface area contributed by atoms with E-state index in [0.29, 0.717) is 16.4 Å². The molecule has 1 saturated heterocycles. The Balaban J connectivity index is 1.58. The van der Waals surface area contributed by atoms with Crippen molar-refractivity contribution in [2.24, 2.45) is 0 Å². The number of amides is 1. The van der Waals surface area contributed by atoms with Crippen molar-refractivity contribution >= 4 is 40.6 Å². The van der Waals surface area contributed by atoms with Crippen molar-refractivity contribution < 1.29 is 14.3 Å². The number of ether oxygens (including phenoxy) is 1. The largest absolute Gasteiger partial charge is 0.465 e. The van der Waals surface area contributed by atoms with Gasteiger partial charge in [0.05, 0.1) is 24.4 Å². The Bertz CT molecular complexity index is 1430. The molecule has 1 aliphatic rings. The third-order valence-corrected chi connectivity index (χ3v) is 6.53. The number of hydrogen-bond acceptors (Lipinski definition) is 5. The van der Waals surface area contributed by atoms with Crippen LogP contribution in [-0.4, -0.2) is 33.6 Å². The van der Waals surface area contributed by atoms with Crippen molar-refractivity contribution in [3.8, 4) is 5.69 Å². The highest BCUT2D eigenvalue weighted by molar-refractivity contribution is 7.80. The first-order chi connectivity index (χ1) is 18.0. The predicted molar refractivity (Wildman–Crippen MR) is 146 cm³/mol. The number of methoxy groups -OCH3 is 1. The van der Waals surface area contributed by atoms with Crippen molar-refractivity contribution in [3.63, 3.8) is 0 Å². The summed E-state index contributed by atoms with van der Waals surface area (Å²) in [5.41, 5.74) is 4.81. The van der Waals surface area contributed by atoms with Gasteiger partial charge in [-0.25, -0.2) is 4.79 Å². The molecule has 1 fully saturated rings. The van der Waals surface area contributed by atoms with Gasteiger partial charge in [-0.2, -0.15) is 0 Å². The summed E-state index contributed by atoms with van der Waals surface area (Å²) in [6.07, 6.45) is 3.75. The zero-order chi connectivity index (χ0) is 25.9. The lowest BCUT2D eigenvalue weighted by Gasteiger charge is -2.29. The average Bonchev–Trinajstić information content (AvgIpc) is 3.53. The van der Waals surface area contributed by atoms with Crippen LogP contribution in [0.2, 0.25) is 0 Å². The minimum Gasteiger partial charge on any atom is -0.465 e. The molecule has 37 heavy (non-hydrogen) atoms. The second kappa shape index (κ2) is 10.2. The van der Waals surface area contributed by atoms with Gasteiger partial charge in [0.25, 0.3) is 0 Å². The summed E-state index contributed by atoms with van der Waals surface area (Å²) in [6.45, 7) is 1.48. The van der Waals surface area contributed by atoms with Crippen molar-refractivity contribution in [3.05, 3.63) is 108 Å². The number of nitrogens with zero attached hydrogens (tertiary/aromatic N) is 3. The maximum absolute atomic E-state index is 11.9. The average molecular weight is 512 g/mol. The molecule has 2 aromatic carbocycles. The maximum Gasteiger partial charge on any atom is 0.337 e. The van der Waals surface area contributed by atoms with Gasteiger partial charge in [0.1, 0.15) is 6.04 Å². The number of aromatic nitrogens is 2.